The van der Waals surface area contributed by atoms with Gasteiger partial charge in [-0.05, 0) is 43.6 Å². The highest BCUT2D eigenvalue weighted by atomic mass is 32.1. The van der Waals surface area contributed by atoms with Gasteiger partial charge in [0.2, 0.25) is 0 Å². The molecule has 0 saturated carbocycles. The standard InChI is InChI=1S/C15H18N4O3S/c1-3-22-14(20)9-16-12-6-4-5-11(7-12)15(21)17-8-13-10(2)18-19-23-13/h4-7,16H,3,8-9H2,1-2H3,(H,17,21). The second-order valence-corrected chi connectivity index (χ2v) is 5.54. The van der Waals surface area contributed by atoms with Gasteiger partial charge in [0.1, 0.15) is 6.54 Å². The molecule has 0 aliphatic carbocycles. The molecule has 0 aliphatic heterocycles. The Morgan fingerprint density at radius 2 is 2.17 bits per heavy atom. The summed E-state index contributed by atoms with van der Waals surface area (Å²) in [5.74, 6) is -0.534. The number of benzene rings is 1. The van der Waals surface area contributed by atoms with Gasteiger partial charge in [0.05, 0.1) is 23.7 Å². The van der Waals surface area contributed by atoms with Crippen LogP contribution in [0, 0.1) is 6.92 Å². The minimum absolute atomic E-state index is 0.0602. The van der Waals surface area contributed by atoms with Crippen LogP contribution in [0.25, 0.3) is 0 Å². The molecule has 0 aliphatic rings. The number of aryl methyl sites for hydroxylation is 1. The summed E-state index contributed by atoms with van der Waals surface area (Å²) in [5.41, 5.74) is 2.01. The minimum Gasteiger partial charge on any atom is -0.465 e. The highest BCUT2D eigenvalue weighted by Gasteiger charge is 2.09. The van der Waals surface area contributed by atoms with Crippen LogP contribution in [0.15, 0.2) is 24.3 Å². The van der Waals surface area contributed by atoms with Gasteiger partial charge >= 0.3 is 5.97 Å². The number of amides is 1. The van der Waals surface area contributed by atoms with E-state index < -0.39 is 0 Å². The van der Waals surface area contributed by atoms with Crippen LogP contribution >= 0.6 is 11.5 Å². The molecule has 0 spiro atoms. The Hall–Kier alpha value is -2.48. The third-order valence-electron chi connectivity index (χ3n) is 3.02. The van der Waals surface area contributed by atoms with Gasteiger partial charge in [-0.15, -0.1) is 5.10 Å². The van der Waals surface area contributed by atoms with Crippen LogP contribution in [0.3, 0.4) is 0 Å². The second kappa shape index (κ2) is 8.23. The maximum Gasteiger partial charge on any atom is 0.325 e. The first-order chi connectivity index (χ1) is 11.1. The number of anilines is 1. The molecule has 0 fully saturated rings. The second-order valence-electron chi connectivity index (χ2n) is 4.70. The number of hydrogen-bond acceptors (Lipinski definition) is 7. The Bertz CT molecular complexity index is 687. The fraction of sp³-hybridized carbons (Fsp3) is 0.333. The number of ether oxygens (including phenoxy) is 1. The molecule has 2 aromatic rings. The molecular weight excluding hydrogens is 316 g/mol. The van der Waals surface area contributed by atoms with Crippen LogP contribution in [0.4, 0.5) is 5.69 Å². The first-order valence-corrected chi connectivity index (χ1v) is 7.93. The molecular formula is C15H18N4O3S. The molecule has 1 aromatic carbocycles. The smallest absolute Gasteiger partial charge is 0.325 e. The number of nitrogens with one attached hydrogen (secondary N) is 2. The molecule has 0 saturated heterocycles. The molecule has 1 amide bonds. The summed E-state index contributed by atoms with van der Waals surface area (Å²) in [6, 6.07) is 6.93. The molecule has 0 atom stereocenters. The highest BCUT2D eigenvalue weighted by Crippen LogP contribution is 2.12. The lowest BCUT2D eigenvalue weighted by Crippen LogP contribution is -2.23. The van der Waals surface area contributed by atoms with E-state index in [1.54, 1.807) is 31.2 Å². The van der Waals surface area contributed by atoms with Crippen LogP contribution in [0.2, 0.25) is 0 Å². The maximum atomic E-state index is 12.2. The summed E-state index contributed by atoms with van der Waals surface area (Å²) in [7, 11) is 0. The molecule has 2 rings (SSSR count). The van der Waals surface area contributed by atoms with Crippen molar-refractivity contribution in [2.24, 2.45) is 0 Å². The largest absolute Gasteiger partial charge is 0.465 e. The van der Waals surface area contributed by atoms with Gasteiger partial charge in [0, 0.05) is 11.3 Å². The number of esters is 1. The van der Waals surface area contributed by atoms with E-state index in [1.807, 2.05) is 6.92 Å². The zero-order valence-corrected chi connectivity index (χ0v) is 13.8. The van der Waals surface area contributed by atoms with Gasteiger partial charge < -0.3 is 15.4 Å². The van der Waals surface area contributed by atoms with E-state index >= 15 is 0 Å². The highest BCUT2D eigenvalue weighted by molar-refractivity contribution is 7.05. The van der Waals surface area contributed by atoms with Crippen molar-refractivity contribution in [3.63, 3.8) is 0 Å². The van der Waals surface area contributed by atoms with Crippen LogP contribution in [-0.2, 0) is 16.1 Å². The minimum atomic E-state index is -0.337. The van der Waals surface area contributed by atoms with Crippen molar-refractivity contribution in [1.29, 1.82) is 0 Å². The third kappa shape index (κ3) is 5.03. The Kier molecular flexibility index (Phi) is 6.04. The Morgan fingerprint density at radius 1 is 1.35 bits per heavy atom. The molecule has 2 N–H and O–H groups in total. The van der Waals surface area contributed by atoms with Gasteiger partial charge in [-0.2, -0.15) is 0 Å². The van der Waals surface area contributed by atoms with Crippen molar-refractivity contribution in [2.45, 2.75) is 20.4 Å². The van der Waals surface area contributed by atoms with Gasteiger partial charge in [-0.25, -0.2) is 0 Å². The third-order valence-corrected chi connectivity index (χ3v) is 3.85. The number of carbonyl (C=O) groups excluding carboxylic acids is 2. The van der Waals surface area contributed by atoms with Crippen molar-refractivity contribution in [2.75, 3.05) is 18.5 Å². The van der Waals surface area contributed by atoms with Crippen molar-refractivity contribution in [1.82, 2.24) is 14.9 Å². The van der Waals surface area contributed by atoms with Gasteiger partial charge in [-0.1, -0.05) is 10.6 Å². The number of hydrogen-bond donors (Lipinski definition) is 2. The van der Waals surface area contributed by atoms with E-state index in [-0.39, 0.29) is 18.4 Å². The van der Waals surface area contributed by atoms with E-state index in [9.17, 15) is 9.59 Å². The summed E-state index contributed by atoms with van der Waals surface area (Å²) in [6.07, 6.45) is 0. The Morgan fingerprint density at radius 3 is 2.87 bits per heavy atom. The first-order valence-electron chi connectivity index (χ1n) is 7.15. The molecule has 1 heterocycles. The maximum absolute atomic E-state index is 12.2. The molecule has 122 valence electrons. The molecule has 8 heteroatoms. The van der Waals surface area contributed by atoms with Gasteiger partial charge in [0.15, 0.2) is 0 Å². The average Bonchev–Trinajstić information content (AvgIpc) is 2.96. The molecule has 0 unspecified atom stereocenters. The fourth-order valence-corrected chi connectivity index (χ4v) is 2.40. The van der Waals surface area contributed by atoms with E-state index in [0.29, 0.717) is 24.4 Å². The van der Waals surface area contributed by atoms with Crippen LogP contribution < -0.4 is 10.6 Å². The summed E-state index contributed by atoms with van der Waals surface area (Å²) in [6.45, 7) is 4.40. The molecule has 7 nitrogen and oxygen atoms in total. The number of carbonyl (C=O) groups is 2. The number of nitrogens with zero attached hydrogens (tertiary/aromatic N) is 2. The summed E-state index contributed by atoms with van der Waals surface area (Å²) >= 11 is 1.27. The summed E-state index contributed by atoms with van der Waals surface area (Å²) < 4.78 is 8.67. The lowest BCUT2D eigenvalue weighted by molar-refractivity contribution is -0.140. The number of aromatic nitrogens is 2. The average molecular weight is 334 g/mol. The lowest BCUT2D eigenvalue weighted by atomic mass is 10.2. The van der Waals surface area contributed by atoms with E-state index in [4.69, 9.17) is 4.74 Å². The van der Waals surface area contributed by atoms with E-state index in [2.05, 4.69) is 20.2 Å². The molecule has 0 radical (unpaired) electrons. The molecule has 23 heavy (non-hydrogen) atoms. The predicted molar refractivity (Wildman–Crippen MR) is 87.4 cm³/mol. The van der Waals surface area contributed by atoms with Crippen molar-refractivity contribution >= 4 is 29.1 Å². The van der Waals surface area contributed by atoms with Crippen molar-refractivity contribution < 1.29 is 14.3 Å². The lowest BCUT2D eigenvalue weighted by Gasteiger charge is -2.08. The molecule has 1 aromatic heterocycles. The van der Waals surface area contributed by atoms with Gasteiger partial charge in [0.25, 0.3) is 5.91 Å². The van der Waals surface area contributed by atoms with Crippen molar-refractivity contribution in [3.05, 3.63) is 40.4 Å². The van der Waals surface area contributed by atoms with Crippen LogP contribution in [0.5, 0.6) is 0 Å². The van der Waals surface area contributed by atoms with Crippen molar-refractivity contribution in [3.8, 4) is 0 Å². The SMILES string of the molecule is CCOC(=O)CNc1cccc(C(=O)NCc2snnc2C)c1. The Labute approximate surface area is 138 Å². The fourth-order valence-electron chi connectivity index (χ4n) is 1.83. The van der Waals surface area contributed by atoms with E-state index in [1.165, 1.54) is 11.5 Å². The monoisotopic (exact) mass is 334 g/mol. The number of rotatable bonds is 7. The normalized spacial score (nSPS) is 10.2. The topological polar surface area (TPSA) is 93.2 Å². The van der Waals surface area contributed by atoms with Crippen LogP contribution in [0.1, 0.15) is 27.9 Å². The zero-order valence-electron chi connectivity index (χ0n) is 13.0. The van der Waals surface area contributed by atoms with E-state index in [0.717, 1.165) is 10.6 Å². The molecule has 0 bridgehead atoms. The first kappa shape index (κ1) is 16.9. The predicted octanol–water partition coefficient (Wildman–Crippen LogP) is 1.75. The van der Waals surface area contributed by atoms with Crippen LogP contribution in [-0.4, -0.2) is 34.6 Å². The Balaban J connectivity index is 1.91. The van der Waals surface area contributed by atoms with Gasteiger partial charge in [-0.3, -0.25) is 9.59 Å². The quantitative estimate of drug-likeness (QED) is 0.749. The summed E-state index contributed by atoms with van der Waals surface area (Å²) in [5, 5.41) is 9.66. The zero-order chi connectivity index (χ0) is 16.7. The summed E-state index contributed by atoms with van der Waals surface area (Å²) in [4.78, 5) is 24.4.